The number of aliphatic hydroxyl groups excluding tert-OH is 1. The Morgan fingerprint density at radius 1 is 1.40 bits per heavy atom. The van der Waals surface area contributed by atoms with E-state index in [4.69, 9.17) is 0 Å². The molecule has 6 unspecified atom stereocenters. The van der Waals surface area contributed by atoms with Gasteiger partial charge in [0.2, 0.25) is 0 Å². The standard InChI is InChI=1S/C9H12O/c1-8-4-2-5-7(6(4)8)9(5,8)3-10/h4-7,10H,2-3H2,1H3. The maximum absolute atomic E-state index is 9.25. The largest absolute Gasteiger partial charge is 0.396 e. The molecule has 0 aromatic rings. The molecular formula is C9H12O. The Labute approximate surface area is 60.4 Å². The van der Waals surface area contributed by atoms with Gasteiger partial charge in [-0.2, -0.15) is 0 Å². The van der Waals surface area contributed by atoms with Crippen LogP contribution in [0.2, 0.25) is 0 Å². The molecule has 5 fully saturated rings. The summed E-state index contributed by atoms with van der Waals surface area (Å²) in [6.07, 6.45) is 1.46. The van der Waals surface area contributed by atoms with E-state index in [-0.39, 0.29) is 0 Å². The molecule has 5 aliphatic carbocycles. The maximum Gasteiger partial charge on any atom is 0.0498 e. The average molecular weight is 136 g/mol. The van der Waals surface area contributed by atoms with Gasteiger partial charge in [-0.3, -0.25) is 0 Å². The van der Waals surface area contributed by atoms with E-state index in [1.165, 1.54) is 6.42 Å². The van der Waals surface area contributed by atoms with E-state index in [0.29, 0.717) is 17.4 Å². The van der Waals surface area contributed by atoms with Crippen LogP contribution in [0.15, 0.2) is 0 Å². The Kier molecular flexibility index (Phi) is 0.401. The molecule has 1 heteroatoms. The molecule has 5 saturated carbocycles. The van der Waals surface area contributed by atoms with Gasteiger partial charge in [0.15, 0.2) is 0 Å². The van der Waals surface area contributed by atoms with Crippen molar-refractivity contribution < 1.29 is 5.11 Å². The molecule has 0 heterocycles. The molecule has 0 aliphatic heterocycles. The molecule has 0 aromatic carbocycles. The maximum atomic E-state index is 9.25. The topological polar surface area (TPSA) is 20.2 Å². The predicted molar refractivity (Wildman–Crippen MR) is 36.2 cm³/mol. The fourth-order valence-electron chi connectivity index (χ4n) is 5.12. The van der Waals surface area contributed by atoms with Crippen LogP contribution < -0.4 is 0 Å². The van der Waals surface area contributed by atoms with Crippen molar-refractivity contribution in [2.75, 3.05) is 6.61 Å². The van der Waals surface area contributed by atoms with Crippen molar-refractivity contribution in [3.8, 4) is 0 Å². The first-order valence-electron chi connectivity index (χ1n) is 4.39. The van der Waals surface area contributed by atoms with Gasteiger partial charge in [-0.25, -0.2) is 0 Å². The molecule has 2 bridgehead atoms. The Bertz CT molecular complexity index is 237. The van der Waals surface area contributed by atoms with Gasteiger partial charge in [0.25, 0.3) is 0 Å². The lowest BCUT2D eigenvalue weighted by Gasteiger charge is -2.31. The summed E-state index contributed by atoms with van der Waals surface area (Å²) in [6, 6.07) is 0. The Balaban J connectivity index is 1.96. The Morgan fingerprint density at radius 3 is 2.40 bits per heavy atom. The lowest BCUT2D eigenvalue weighted by molar-refractivity contribution is 0.0707. The average Bonchev–Trinajstić information content (AvgIpc) is 2.50. The molecule has 0 amide bonds. The molecule has 5 aliphatic rings. The highest BCUT2D eigenvalue weighted by molar-refractivity contribution is 5.48. The van der Waals surface area contributed by atoms with Crippen molar-refractivity contribution in [1.82, 2.24) is 0 Å². The summed E-state index contributed by atoms with van der Waals surface area (Å²) < 4.78 is 0. The molecule has 0 radical (unpaired) electrons. The third kappa shape index (κ3) is 0.168. The zero-order valence-electron chi connectivity index (χ0n) is 6.17. The quantitative estimate of drug-likeness (QED) is 0.567. The molecular weight excluding hydrogens is 124 g/mol. The molecule has 6 atom stereocenters. The van der Waals surface area contributed by atoms with Crippen molar-refractivity contribution in [2.24, 2.45) is 34.5 Å². The monoisotopic (exact) mass is 136 g/mol. The summed E-state index contributed by atoms with van der Waals surface area (Å²) >= 11 is 0. The fraction of sp³-hybridized carbons (Fsp3) is 1.00. The highest BCUT2D eigenvalue weighted by Crippen LogP contribution is 3.04. The van der Waals surface area contributed by atoms with Crippen molar-refractivity contribution in [2.45, 2.75) is 13.3 Å². The third-order valence-corrected chi connectivity index (χ3v) is 5.53. The second-order valence-electron chi connectivity index (χ2n) is 4.98. The van der Waals surface area contributed by atoms with Crippen LogP contribution in [0, 0.1) is 34.5 Å². The van der Waals surface area contributed by atoms with Crippen LogP contribution in [-0.2, 0) is 0 Å². The van der Waals surface area contributed by atoms with Crippen molar-refractivity contribution in [1.29, 1.82) is 0 Å². The van der Waals surface area contributed by atoms with E-state index in [0.717, 1.165) is 23.7 Å². The van der Waals surface area contributed by atoms with Crippen LogP contribution >= 0.6 is 0 Å². The highest BCUT2D eigenvalue weighted by Gasteiger charge is 3.01. The van der Waals surface area contributed by atoms with Gasteiger partial charge in [-0.1, -0.05) is 6.92 Å². The normalized spacial score (nSPS) is 85.8. The van der Waals surface area contributed by atoms with Crippen LogP contribution in [0.1, 0.15) is 13.3 Å². The van der Waals surface area contributed by atoms with Crippen LogP contribution in [0.4, 0.5) is 0 Å². The molecule has 0 saturated heterocycles. The lowest BCUT2D eigenvalue weighted by Crippen LogP contribution is -2.31. The second-order valence-corrected chi connectivity index (χ2v) is 4.98. The summed E-state index contributed by atoms with van der Waals surface area (Å²) in [5.74, 6) is 4.09. The highest BCUT2D eigenvalue weighted by atomic mass is 16.3. The minimum atomic E-state index is 0.488. The number of hydrogen-bond donors (Lipinski definition) is 1. The molecule has 0 spiro atoms. The molecule has 1 N–H and O–H groups in total. The Hall–Kier alpha value is -0.0400. The molecule has 1 nitrogen and oxygen atoms in total. The van der Waals surface area contributed by atoms with Gasteiger partial charge in [0.05, 0.1) is 0 Å². The summed E-state index contributed by atoms with van der Waals surface area (Å²) in [5, 5.41) is 9.25. The zero-order chi connectivity index (χ0) is 6.72. The van der Waals surface area contributed by atoms with E-state index < -0.39 is 0 Å². The summed E-state index contributed by atoms with van der Waals surface area (Å²) in [5.41, 5.74) is 1.14. The molecule has 10 heavy (non-hydrogen) atoms. The minimum absolute atomic E-state index is 0.488. The van der Waals surface area contributed by atoms with Crippen LogP contribution in [0.3, 0.4) is 0 Å². The lowest BCUT2D eigenvalue weighted by atomic mass is 9.74. The van der Waals surface area contributed by atoms with E-state index in [1.54, 1.807) is 0 Å². The Morgan fingerprint density at radius 2 is 2.20 bits per heavy atom. The first kappa shape index (κ1) is 4.76. The van der Waals surface area contributed by atoms with Crippen LogP contribution in [-0.4, -0.2) is 11.7 Å². The van der Waals surface area contributed by atoms with Gasteiger partial charge in [-0.15, -0.1) is 0 Å². The zero-order valence-corrected chi connectivity index (χ0v) is 6.17. The first-order chi connectivity index (χ1) is 4.78. The fourth-order valence-corrected chi connectivity index (χ4v) is 5.12. The van der Waals surface area contributed by atoms with Gasteiger partial charge >= 0.3 is 0 Å². The summed E-state index contributed by atoms with van der Waals surface area (Å²) in [7, 11) is 0. The van der Waals surface area contributed by atoms with Crippen LogP contribution in [0.25, 0.3) is 0 Å². The number of hydrogen-bond acceptors (Lipinski definition) is 1. The predicted octanol–water partition coefficient (Wildman–Crippen LogP) is 0.881. The molecule has 5 rings (SSSR count). The second kappa shape index (κ2) is 0.842. The third-order valence-electron chi connectivity index (χ3n) is 5.53. The molecule has 54 valence electrons. The van der Waals surface area contributed by atoms with Gasteiger partial charge in [0, 0.05) is 12.0 Å². The number of rotatable bonds is 1. The summed E-state index contributed by atoms with van der Waals surface area (Å²) in [4.78, 5) is 0. The van der Waals surface area contributed by atoms with E-state index in [2.05, 4.69) is 6.92 Å². The SMILES string of the molecule is CC12C3CC4C(C31)C42CO. The smallest absolute Gasteiger partial charge is 0.0498 e. The van der Waals surface area contributed by atoms with Gasteiger partial charge in [0.1, 0.15) is 0 Å². The van der Waals surface area contributed by atoms with E-state index >= 15 is 0 Å². The number of aliphatic hydroxyl groups is 1. The van der Waals surface area contributed by atoms with Crippen molar-refractivity contribution in [3.63, 3.8) is 0 Å². The van der Waals surface area contributed by atoms with E-state index in [1.807, 2.05) is 0 Å². The van der Waals surface area contributed by atoms with E-state index in [9.17, 15) is 5.11 Å². The van der Waals surface area contributed by atoms with Gasteiger partial charge < -0.3 is 5.11 Å². The minimum Gasteiger partial charge on any atom is -0.396 e. The van der Waals surface area contributed by atoms with Crippen molar-refractivity contribution in [3.05, 3.63) is 0 Å². The van der Waals surface area contributed by atoms with Gasteiger partial charge in [-0.05, 0) is 35.5 Å². The summed E-state index contributed by atoms with van der Waals surface area (Å²) in [6.45, 7) is 2.90. The van der Waals surface area contributed by atoms with Crippen LogP contribution in [0.5, 0.6) is 0 Å². The first-order valence-corrected chi connectivity index (χ1v) is 4.39. The van der Waals surface area contributed by atoms with Crippen molar-refractivity contribution >= 4 is 0 Å². The molecule has 0 aromatic heterocycles.